The Morgan fingerprint density at radius 2 is 1.80 bits per heavy atom. The second kappa shape index (κ2) is 5.61. The number of carbonyl (C=O) groups excluding carboxylic acids is 2. The van der Waals surface area contributed by atoms with Gasteiger partial charge in [0.05, 0.1) is 11.9 Å². The number of nitrogens with one attached hydrogen (secondary N) is 1. The monoisotopic (exact) mass is 277 g/mol. The first-order chi connectivity index (χ1) is 9.04. The van der Waals surface area contributed by atoms with E-state index in [4.69, 9.17) is 5.73 Å². The van der Waals surface area contributed by atoms with E-state index in [2.05, 4.69) is 10.3 Å². The normalized spacial score (nSPS) is 12.1. The highest BCUT2D eigenvalue weighted by atomic mass is 16.2. The number of hydrogen-bond acceptors (Lipinski definition) is 3. The Labute approximate surface area is 120 Å². The number of aromatic nitrogens is 1. The highest BCUT2D eigenvalue weighted by Crippen LogP contribution is 2.34. The molecule has 0 saturated heterocycles. The Morgan fingerprint density at radius 1 is 1.20 bits per heavy atom. The Morgan fingerprint density at radius 3 is 2.25 bits per heavy atom. The molecule has 1 heterocycles. The van der Waals surface area contributed by atoms with Crippen molar-refractivity contribution in [3.63, 3.8) is 0 Å². The van der Waals surface area contributed by atoms with Gasteiger partial charge in [0.15, 0.2) is 0 Å². The van der Waals surface area contributed by atoms with Crippen molar-refractivity contribution in [2.75, 3.05) is 5.32 Å². The van der Waals surface area contributed by atoms with Gasteiger partial charge in [-0.25, -0.2) is 0 Å². The lowest BCUT2D eigenvalue weighted by Crippen LogP contribution is -2.40. The molecule has 0 spiro atoms. The number of hydrogen-bond donors (Lipinski definition) is 2. The minimum Gasteiger partial charge on any atom is -0.369 e. The summed E-state index contributed by atoms with van der Waals surface area (Å²) < 4.78 is 0. The Balaban J connectivity index is 2.79. The third-order valence-electron chi connectivity index (χ3n) is 3.33. The van der Waals surface area contributed by atoms with Gasteiger partial charge in [-0.15, -0.1) is 0 Å². The van der Waals surface area contributed by atoms with E-state index in [1.165, 1.54) is 0 Å². The molecular formula is C15H23N3O2. The maximum atomic E-state index is 12.3. The van der Waals surface area contributed by atoms with Crippen LogP contribution in [0, 0.1) is 17.8 Å². The largest absolute Gasteiger partial charge is 0.369 e. The molecule has 1 rings (SSSR count). The number of amides is 2. The molecule has 1 aromatic rings. The minimum atomic E-state index is -0.730. The van der Waals surface area contributed by atoms with Crippen LogP contribution in [0.2, 0.25) is 0 Å². The van der Waals surface area contributed by atoms with Crippen LogP contribution >= 0.6 is 0 Å². The number of anilines is 1. The molecule has 0 fully saturated rings. The van der Waals surface area contributed by atoms with Gasteiger partial charge < -0.3 is 11.1 Å². The van der Waals surface area contributed by atoms with E-state index in [1.807, 2.05) is 13.0 Å². The molecule has 0 aliphatic heterocycles. The first kappa shape index (κ1) is 16.1. The van der Waals surface area contributed by atoms with Crippen LogP contribution in [0.15, 0.2) is 18.3 Å². The van der Waals surface area contributed by atoms with Gasteiger partial charge in [0, 0.05) is 16.5 Å². The second-order valence-corrected chi connectivity index (χ2v) is 6.45. The molecule has 3 N–H and O–H groups in total. The van der Waals surface area contributed by atoms with Crippen LogP contribution < -0.4 is 11.1 Å². The zero-order valence-electron chi connectivity index (χ0n) is 12.8. The van der Waals surface area contributed by atoms with Crippen molar-refractivity contribution in [1.29, 1.82) is 0 Å². The van der Waals surface area contributed by atoms with Crippen LogP contribution in [0.1, 0.15) is 39.8 Å². The summed E-state index contributed by atoms with van der Waals surface area (Å²) in [7, 11) is 0. The first-order valence-corrected chi connectivity index (χ1v) is 6.59. The molecule has 1 aromatic heterocycles. The zero-order chi connectivity index (χ0) is 15.6. The summed E-state index contributed by atoms with van der Waals surface area (Å²) in [5.74, 6) is -0.562. The fourth-order valence-corrected chi connectivity index (χ4v) is 2.11. The number of pyridine rings is 1. The summed E-state index contributed by atoms with van der Waals surface area (Å²) in [5.41, 5.74) is 5.46. The predicted octanol–water partition coefficient (Wildman–Crippen LogP) is 2.26. The van der Waals surface area contributed by atoms with Crippen LogP contribution in [0.4, 0.5) is 5.69 Å². The lowest BCUT2D eigenvalue weighted by atomic mass is 9.74. The smallest absolute Gasteiger partial charge is 0.230 e. The SMILES string of the molecule is Cc1ccc(NC(=O)C(C)(C)CC(C)(C)C(N)=O)cn1. The van der Waals surface area contributed by atoms with Gasteiger partial charge in [0.25, 0.3) is 0 Å². The van der Waals surface area contributed by atoms with Crippen molar-refractivity contribution < 1.29 is 9.59 Å². The lowest BCUT2D eigenvalue weighted by Gasteiger charge is -2.31. The van der Waals surface area contributed by atoms with Crippen LogP contribution in [-0.2, 0) is 9.59 Å². The molecule has 0 aromatic carbocycles. The van der Waals surface area contributed by atoms with E-state index in [0.29, 0.717) is 12.1 Å². The van der Waals surface area contributed by atoms with E-state index in [-0.39, 0.29) is 5.91 Å². The summed E-state index contributed by atoms with van der Waals surface area (Å²) in [6.45, 7) is 8.98. The Bertz CT molecular complexity index is 504. The van der Waals surface area contributed by atoms with Gasteiger partial charge in [-0.05, 0) is 25.5 Å². The number of nitrogens with zero attached hydrogens (tertiary/aromatic N) is 1. The summed E-state index contributed by atoms with van der Waals surface area (Å²) >= 11 is 0. The molecule has 0 radical (unpaired) electrons. The topological polar surface area (TPSA) is 85.1 Å². The summed E-state index contributed by atoms with van der Waals surface area (Å²) in [4.78, 5) is 27.9. The lowest BCUT2D eigenvalue weighted by molar-refractivity contribution is -0.131. The predicted molar refractivity (Wildman–Crippen MR) is 79.0 cm³/mol. The Kier molecular flexibility index (Phi) is 4.53. The van der Waals surface area contributed by atoms with E-state index < -0.39 is 16.7 Å². The van der Waals surface area contributed by atoms with Crippen molar-refractivity contribution in [3.8, 4) is 0 Å². The van der Waals surface area contributed by atoms with Gasteiger partial charge in [0.1, 0.15) is 0 Å². The number of rotatable bonds is 5. The van der Waals surface area contributed by atoms with Gasteiger partial charge >= 0.3 is 0 Å². The highest BCUT2D eigenvalue weighted by Gasteiger charge is 2.37. The molecule has 0 aliphatic carbocycles. The van der Waals surface area contributed by atoms with E-state index >= 15 is 0 Å². The van der Waals surface area contributed by atoms with Crippen LogP contribution in [0.3, 0.4) is 0 Å². The zero-order valence-corrected chi connectivity index (χ0v) is 12.8. The number of aryl methyl sites for hydroxylation is 1. The third-order valence-corrected chi connectivity index (χ3v) is 3.33. The molecule has 5 nitrogen and oxygen atoms in total. The molecule has 0 bridgehead atoms. The number of nitrogens with two attached hydrogens (primary N) is 1. The molecule has 0 atom stereocenters. The average Bonchev–Trinajstić information content (AvgIpc) is 2.30. The van der Waals surface area contributed by atoms with Gasteiger partial charge in [0.2, 0.25) is 11.8 Å². The number of carbonyl (C=O) groups is 2. The van der Waals surface area contributed by atoms with Crippen molar-refractivity contribution in [1.82, 2.24) is 4.98 Å². The summed E-state index contributed by atoms with van der Waals surface area (Å²) in [5, 5.41) is 2.82. The van der Waals surface area contributed by atoms with Gasteiger partial charge in [-0.1, -0.05) is 27.7 Å². The maximum Gasteiger partial charge on any atom is 0.230 e. The molecule has 0 unspecified atom stereocenters. The standard InChI is InChI=1S/C15H23N3O2/c1-10-6-7-11(8-17-10)18-13(20)15(4,5)9-14(2,3)12(16)19/h6-8H,9H2,1-5H3,(H2,16,19)(H,18,20). The summed E-state index contributed by atoms with van der Waals surface area (Å²) in [6, 6.07) is 3.63. The highest BCUT2D eigenvalue weighted by molar-refractivity contribution is 5.95. The molecule has 110 valence electrons. The van der Waals surface area contributed by atoms with E-state index in [1.54, 1.807) is 40.0 Å². The van der Waals surface area contributed by atoms with Crippen molar-refractivity contribution in [2.24, 2.45) is 16.6 Å². The number of primary amides is 1. The van der Waals surface area contributed by atoms with Crippen molar-refractivity contribution in [2.45, 2.75) is 41.0 Å². The fourth-order valence-electron chi connectivity index (χ4n) is 2.11. The Hall–Kier alpha value is -1.91. The van der Waals surface area contributed by atoms with E-state index in [9.17, 15) is 9.59 Å². The van der Waals surface area contributed by atoms with Gasteiger partial charge in [-0.2, -0.15) is 0 Å². The molecule has 2 amide bonds. The first-order valence-electron chi connectivity index (χ1n) is 6.59. The van der Waals surface area contributed by atoms with E-state index in [0.717, 1.165) is 5.69 Å². The molecule has 0 aliphatic rings. The van der Waals surface area contributed by atoms with Crippen molar-refractivity contribution >= 4 is 17.5 Å². The molecule has 20 heavy (non-hydrogen) atoms. The van der Waals surface area contributed by atoms with Crippen molar-refractivity contribution in [3.05, 3.63) is 24.0 Å². The second-order valence-electron chi connectivity index (χ2n) is 6.45. The van der Waals surface area contributed by atoms with Crippen LogP contribution in [0.25, 0.3) is 0 Å². The summed E-state index contributed by atoms with van der Waals surface area (Å²) in [6.07, 6.45) is 1.99. The third kappa shape index (κ3) is 4.05. The van der Waals surface area contributed by atoms with Gasteiger partial charge in [-0.3, -0.25) is 14.6 Å². The fraction of sp³-hybridized carbons (Fsp3) is 0.533. The van der Waals surface area contributed by atoms with Crippen LogP contribution in [-0.4, -0.2) is 16.8 Å². The van der Waals surface area contributed by atoms with Crippen LogP contribution in [0.5, 0.6) is 0 Å². The minimum absolute atomic E-state index is 0.155. The molecule has 5 heteroatoms. The molecule has 0 saturated carbocycles. The molecular weight excluding hydrogens is 254 g/mol. The quantitative estimate of drug-likeness (QED) is 0.865. The average molecular weight is 277 g/mol. The maximum absolute atomic E-state index is 12.3.